The van der Waals surface area contributed by atoms with Gasteiger partial charge in [-0.1, -0.05) is 34.1 Å². The number of benzene rings is 2. The van der Waals surface area contributed by atoms with Crippen molar-refractivity contribution in [3.05, 3.63) is 58.1 Å². The quantitative estimate of drug-likeness (QED) is 0.933. The van der Waals surface area contributed by atoms with Gasteiger partial charge < -0.3 is 15.2 Å². The molecule has 1 atom stereocenters. The first kappa shape index (κ1) is 13.5. The molecule has 0 aromatic heterocycles. The second-order valence-corrected chi connectivity index (χ2v) is 5.73. The van der Waals surface area contributed by atoms with Crippen molar-refractivity contribution in [1.82, 2.24) is 0 Å². The van der Waals surface area contributed by atoms with Crippen molar-refractivity contribution in [2.45, 2.75) is 19.1 Å². The molecule has 0 radical (unpaired) electrons. The van der Waals surface area contributed by atoms with Gasteiger partial charge in [-0.3, -0.25) is 0 Å². The summed E-state index contributed by atoms with van der Waals surface area (Å²) in [5, 5.41) is 0. The summed E-state index contributed by atoms with van der Waals surface area (Å²) in [7, 11) is 0. The van der Waals surface area contributed by atoms with Crippen molar-refractivity contribution in [2.24, 2.45) is 5.73 Å². The number of para-hydroxylation sites is 1. The number of ether oxygens (including phenoxy) is 2. The Labute approximate surface area is 126 Å². The zero-order valence-corrected chi connectivity index (χ0v) is 12.6. The van der Waals surface area contributed by atoms with E-state index in [1.54, 1.807) is 0 Å². The predicted octanol–water partition coefficient (Wildman–Crippen LogP) is 3.29. The molecule has 0 saturated heterocycles. The maximum atomic E-state index is 5.87. The van der Waals surface area contributed by atoms with E-state index in [0.717, 1.165) is 28.0 Å². The second kappa shape index (κ2) is 5.85. The average molecular weight is 334 g/mol. The van der Waals surface area contributed by atoms with E-state index in [-0.39, 0.29) is 6.10 Å². The van der Waals surface area contributed by atoms with Crippen LogP contribution >= 0.6 is 15.9 Å². The molecule has 3 rings (SSSR count). The van der Waals surface area contributed by atoms with Crippen LogP contribution in [0.5, 0.6) is 11.5 Å². The van der Waals surface area contributed by atoms with E-state index in [9.17, 15) is 0 Å². The third kappa shape index (κ3) is 2.81. The van der Waals surface area contributed by atoms with Gasteiger partial charge in [-0.25, -0.2) is 0 Å². The first-order chi connectivity index (χ1) is 9.76. The molecule has 3 nitrogen and oxygen atoms in total. The molecule has 0 fully saturated rings. The van der Waals surface area contributed by atoms with Crippen LogP contribution in [0.15, 0.2) is 46.9 Å². The van der Waals surface area contributed by atoms with E-state index < -0.39 is 0 Å². The highest BCUT2D eigenvalue weighted by molar-refractivity contribution is 9.10. The second-order valence-electron chi connectivity index (χ2n) is 4.82. The van der Waals surface area contributed by atoms with Crippen LogP contribution in [0, 0.1) is 0 Å². The molecule has 1 unspecified atom stereocenters. The van der Waals surface area contributed by atoms with Crippen molar-refractivity contribution < 1.29 is 9.47 Å². The molecule has 0 amide bonds. The van der Waals surface area contributed by atoms with Crippen LogP contribution in [0.2, 0.25) is 0 Å². The first-order valence-corrected chi connectivity index (χ1v) is 7.41. The van der Waals surface area contributed by atoms with Crippen molar-refractivity contribution in [1.29, 1.82) is 0 Å². The molecule has 2 aromatic carbocycles. The van der Waals surface area contributed by atoms with E-state index in [4.69, 9.17) is 15.2 Å². The fraction of sp³-hybridized carbons (Fsp3) is 0.250. The SMILES string of the molecule is NCc1cc(Br)ccc1OCC1Cc2ccccc2O1. The summed E-state index contributed by atoms with van der Waals surface area (Å²) in [6.45, 7) is 0.990. The topological polar surface area (TPSA) is 44.5 Å². The van der Waals surface area contributed by atoms with Gasteiger partial charge in [0, 0.05) is 23.0 Å². The Morgan fingerprint density at radius 2 is 2.10 bits per heavy atom. The van der Waals surface area contributed by atoms with Crippen LogP contribution in [-0.4, -0.2) is 12.7 Å². The zero-order valence-electron chi connectivity index (χ0n) is 11.0. The minimum atomic E-state index is 0.0710. The summed E-state index contributed by atoms with van der Waals surface area (Å²) in [4.78, 5) is 0. The lowest BCUT2D eigenvalue weighted by molar-refractivity contribution is 0.148. The molecule has 2 aromatic rings. The summed E-state index contributed by atoms with van der Waals surface area (Å²) in [5.41, 5.74) is 7.98. The summed E-state index contributed by atoms with van der Waals surface area (Å²) in [6.07, 6.45) is 0.965. The Bertz CT molecular complexity index is 590. The van der Waals surface area contributed by atoms with Crippen LogP contribution in [-0.2, 0) is 13.0 Å². The molecule has 2 N–H and O–H groups in total. The van der Waals surface area contributed by atoms with Gasteiger partial charge in [-0.15, -0.1) is 0 Å². The molecule has 0 saturated carbocycles. The largest absolute Gasteiger partial charge is 0.489 e. The Hall–Kier alpha value is -1.52. The Morgan fingerprint density at radius 3 is 2.90 bits per heavy atom. The number of fused-ring (bicyclic) bond motifs is 1. The molecular formula is C16H16BrNO2. The monoisotopic (exact) mass is 333 g/mol. The smallest absolute Gasteiger partial charge is 0.137 e. The first-order valence-electron chi connectivity index (χ1n) is 6.62. The summed E-state index contributed by atoms with van der Waals surface area (Å²) in [6, 6.07) is 14.0. The average Bonchev–Trinajstić information content (AvgIpc) is 2.88. The number of halogens is 1. The van der Waals surface area contributed by atoms with Crippen LogP contribution < -0.4 is 15.2 Å². The lowest BCUT2D eigenvalue weighted by Crippen LogP contribution is -2.22. The summed E-state index contributed by atoms with van der Waals surface area (Å²) < 4.78 is 12.7. The maximum absolute atomic E-state index is 5.87. The summed E-state index contributed by atoms with van der Waals surface area (Å²) in [5.74, 6) is 1.80. The fourth-order valence-electron chi connectivity index (χ4n) is 2.38. The molecular weight excluding hydrogens is 318 g/mol. The molecule has 20 heavy (non-hydrogen) atoms. The normalized spacial score (nSPS) is 16.6. The van der Waals surface area contributed by atoms with Gasteiger partial charge >= 0.3 is 0 Å². The number of rotatable bonds is 4. The van der Waals surface area contributed by atoms with Crippen molar-refractivity contribution in [3.63, 3.8) is 0 Å². The van der Waals surface area contributed by atoms with Crippen LogP contribution in [0.4, 0.5) is 0 Å². The van der Waals surface area contributed by atoms with Crippen molar-refractivity contribution in [2.75, 3.05) is 6.61 Å². The molecule has 0 spiro atoms. The standard InChI is InChI=1S/C16H16BrNO2/c17-13-5-6-15(12(7-13)9-18)19-10-14-8-11-3-1-2-4-16(11)20-14/h1-7,14H,8-10,18H2. The predicted molar refractivity (Wildman–Crippen MR) is 82.1 cm³/mol. The number of hydrogen-bond acceptors (Lipinski definition) is 3. The number of nitrogens with two attached hydrogens (primary N) is 1. The van der Waals surface area contributed by atoms with Gasteiger partial charge in [0.15, 0.2) is 0 Å². The minimum Gasteiger partial charge on any atom is -0.489 e. The Kier molecular flexibility index (Phi) is 3.94. The Morgan fingerprint density at radius 1 is 1.25 bits per heavy atom. The van der Waals surface area contributed by atoms with E-state index in [2.05, 4.69) is 22.0 Å². The van der Waals surface area contributed by atoms with E-state index >= 15 is 0 Å². The highest BCUT2D eigenvalue weighted by Crippen LogP contribution is 2.29. The maximum Gasteiger partial charge on any atom is 0.137 e. The van der Waals surface area contributed by atoms with Crippen LogP contribution in [0.3, 0.4) is 0 Å². The van der Waals surface area contributed by atoms with Gasteiger partial charge in [-0.2, -0.15) is 0 Å². The lowest BCUT2D eigenvalue weighted by Gasteiger charge is -2.15. The molecule has 104 valence electrons. The summed E-state index contributed by atoms with van der Waals surface area (Å²) >= 11 is 3.44. The van der Waals surface area contributed by atoms with Gasteiger partial charge in [0.1, 0.15) is 24.2 Å². The molecule has 1 heterocycles. The lowest BCUT2D eigenvalue weighted by atomic mass is 10.1. The molecule has 1 aliphatic rings. The van der Waals surface area contributed by atoms with Gasteiger partial charge in [0.25, 0.3) is 0 Å². The van der Waals surface area contributed by atoms with Gasteiger partial charge in [-0.05, 0) is 29.8 Å². The van der Waals surface area contributed by atoms with Crippen LogP contribution in [0.1, 0.15) is 11.1 Å². The van der Waals surface area contributed by atoms with Crippen LogP contribution in [0.25, 0.3) is 0 Å². The van der Waals surface area contributed by atoms with Crippen molar-refractivity contribution in [3.8, 4) is 11.5 Å². The highest BCUT2D eigenvalue weighted by atomic mass is 79.9. The highest BCUT2D eigenvalue weighted by Gasteiger charge is 2.23. The molecule has 4 heteroatoms. The zero-order chi connectivity index (χ0) is 13.9. The fourth-order valence-corrected chi connectivity index (χ4v) is 2.79. The number of hydrogen-bond donors (Lipinski definition) is 1. The van der Waals surface area contributed by atoms with Crippen molar-refractivity contribution >= 4 is 15.9 Å². The van der Waals surface area contributed by atoms with E-state index in [1.807, 2.05) is 36.4 Å². The molecule has 0 aliphatic carbocycles. The Balaban J connectivity index is 1.64. The van der Waals surface area contributed by atoms with Gasteiger partial charge in [0.2, 0.25) is 0 Å². The van der Waals surface area contributed by atoms with E-state index in [0.29, 0.717) is 13.2 Å². The molecule has 0 bridgehead atoms. The molecule has 1 aliphatic heterocycles. The third-order valence-corrected chi connectivity index (χ3v) is 3.87. The third-order valence-electron chi connectivity index (χ3n) is 3.38. The van der Waals surface area contributed by atoms with Gasteiger partial charge in [0.05, 0.1) is 0 Å². The minimum absolute atomic E-state index is 0.0710. The van der Waals surface area contributed by atoms with E-state index in [1.165, 1.54) is 5.56 Å².